The standard InChI is InChI=1S/C11H16N2OS/c1-9-7-12-6-5-10(9)8-13-15(14)11(2,3)4/h5-8H,1-4H3/t15-/m1/s1. The van der Waals surface area contributed by atoms with Crippen molar-refractivity contribution in [2.24, 2.45) is 4.40 Å². The molecule has 0 spiro atoms. The van der Waals surface area contributed by atoms with Gasteiger partial charge >= 0.3 is 0 Å². The van der Waals surface area contributed by atoms with Crippen LogP contribution in [0, 0.1) is 6.92 Å². The first-order valence-electron chi connectivity index (χ1n) is 4.78. The normalized spacial score (nSPS) is 14.4. The van der Waals surface area contributed by atoms with Crippen LogP contribution in [-0.2, 0) is 11.0 Å². The lowest BCUT2D eigenvalue weighted by Gasteiger charge is -2.12. The molecule has 82 valence electrons. The first-order chi connectivity index (χ1) is 6.91. The first kappa shape index (κ1) is 12.0. The Kier molecular flexibility index (Phi) is 3.74. The second kappa shape index (κ2) is 4.66. The van der Waals surface area contributed by atoms with Gasteiger partial charge in [-0.3, -0.25) is 4.98 Å². The Morgan fingerprint density at radius 1 is 1.47 bits per heavy atom. The minimum atomic E-state index is -1.20. The molecule has 0 aliphatic rings. The van der Waals surface area contributed by atoms with E-state index in [4.69, 9.17) is 0 Å². The summed E-state index contributed by atoms with van der Waals surface area (Å²) in [6, 6.07) is 1.86. The molecule has 0 unspecified atom stereocenters. The number of hydrogen-bond acceptors (Lipinski definition) is 2. The monoisotopic (exact) mass is 224 g/mol. The lowest BCUT2D eigenvalue weighted by atomic mass is 10.2. The van der Waals surface area contributed by atoms with Crippen LogP contribution in [0.2, 0.25) is 0 Å². The maximum Gasteiger partial charge on any atom is 0.144 e. The molecule has 0 saturated heterocycles. The summed E-state index contributed by atoms with van der Waals surface area (Å²) in [7, 11) is -1.20. The number of nitrogens with zero attached hydrogens (tertiary/aromatic N) is 2. The second-order valence-electron chi connectivity index (χ2n) is 4.33. The topological polar surface area (TPSA) is 42.3 Å². The molecule has 3 nitrogen and oxygen atoms in total. The van der Waals surface area contributed by atoms with Crippen LogP contribution in [0.4, 0.5) is 0 Å². The van der Waals surface area contributed by atoms with E-state index in [1.54, 1.807) is 18.6 Å². The molecule has 1 aromatic heterocycles. The Labute approximate surface area is 93.2 Å². The van der Waals surface area contributed by atoms with Crippen LogP contribution in [0.3, 0.4) is 0 Å². The molecule has 1 rings (SSSR count). The minimum absolute atomic E-state index is 0.308. The van der Waals surface area contributed by atoms with E-state index in [0.29, 0.717) is 0 Å². The quantitative estimate of drug-likeness (QED) is 0.723. The number of pyridine rings is 1. The maximum absolute atomic E-state index is 11.6. The maximum atomic E-state index is 11.6. The van der Waals surface area contributed by atoms with Crippen LogP contribution in [0.15, 0.2) is 22.9 Å². The molecule has 0 radical (unpaired) electrons. The fourth-order valence-corrected chi connectivity index (χ4v) is 1.42. The van der Waals surface area contributed by atoms with Crippen LogP contribution in [0.25, 0.3) is 0 Å². The predicted octanol–water partition coefficient (Wildman–Crippen LogP) is 2.27. The molecule has 1 heterocycles. The Bertz CT molecular complexity index is 394. The molecule has 1 aromatic rings. The van der Waals surface area contributed by atoms with Gasteiger partial charge in [0.1, 0.15) is 11.0 Å². The van der Waals surface area contributed by atoms with Crippen molar-refractivity contribution in [1.29, 1.82) is 0 Å². The van der Waals surface area contributed by atoms with Crippen molar-refractivity contribution in [2.75, 3.05) is 0 Å². The van der Waals surface area contributed by atoms with Crippen LogP contribution in [-0.4, -0.2) is 20.2 Å². The van der Waals surface area contributed by atoms with Gasteiger partial charge in [0.2, 0.25) is 0 Å². The van der Waals surface area contributed by atoms with Gasteiger partial charge in [-0.1, -0.05) is 0 Å². The highest BCUT2D eigenvalue weighted by Crippen LogP contribution is 2.12. The van der Waals surface area contributed by atoms with Crippen molar-refractivity contribution in [3.8, 4) is 0 Å². The van der Waals surface area contributed by atoms with E-state index in [-0.39, 0.29) is 4.75 Å². The summed E-state index contributed by atoms with van der Waals surface area (Å²) < 4.78 is 15.4. The molecule has 0 amide bonds. The van der Waals surface area contributed by atoms with Gasteiger partial charge < -0.3 is 0 Å². The van der Waals surface area contributed by atoms with E-state index < -0.39 is 11.0 Å². The fraction of sp³-hybridized carbons (Fsp3) is 0.455. The lowest BCUT2D eigenvalue weighted by molar-refractivity contribution is 0.651. The summed E-state index contributed by atoms with van der Waals surface area (Å²) in [6.07, 6.45) is 5.12. The van der Waals surface area contributed by atoms with Crippen molar-refractivity contribution in [3.05, 3.63) is 29.6 Å². The largest absolute Gasteiger partial charge is 0.264 e. The third-order valence-electron chi connectivity index (χ3n) is 1.88. The molecule has 1 atom stereocenters. The Hall–Kier alpha value is -1.03. The van der Waals surface area contributed by atoms with E-state index in [0.717, 1.165) is 11.1 Å². The highest BCUT2D eigenvalue weighted by molar-refractivity contribution is 7.85. The van der Waals surface area contributed by atoms with Crippen LogP contribution in [0.1, 0.15) is 31.9 Å². The smallest absolute Gasteiger partial charge is 0.144 e. The summed E-state index contributed by atoms with van der Waals surface area (Å²) in [4.78, 5) is 3.98. The fourth-order valence-electron chi connectivity index (χ4n) is 0.892. The van der Waals surface area contributed by atoms with E-state index in [1.807, 2.05) is 33.8 Å². The molecule has 0 aliphatic carbocycles. The van der Waals surface area contributed by atoms with Gasteiger partial charge in [0.25, 0.3) is 0 Å². The number of aryl methyl sites for hydroxylation is 1. The van der Waals surface area contributed by atoms with Gasteiger partial charge in [-0.25, -0.2) is 4.21 Å². The molecule has 0 aromatic carbocycles. The van der Waals surface area contributed by atoms with Crippen LogP contribution < -0.4 is 0 Å². The minimum Gasteiger partial charge on any atom is -0.264 e. The number of rotatable bonds is 2. The third kappa shape index (κ3) is 3.55. The van der Waals surface area contributed by atoms with Crippen molar-refractivity contribution in [1.82, 2.24) is 4.98 Å². The van der Waals surface area contributed by atoms with Gasteiger partial charge in [-0.2, -0.15) is 4.40 Å². The third-order valence-corrected chi connectivity index (χ3v) is 3.22. The molecule has 0 aliphatic heterocycles. The Morgan fingerprint density at radius 3 is 2.67 bits per heavy atom. The SMILES string of the molecule is Cc1cnccc1C=N[S@](=O)C(C)(C)C. The zero-order valence-electron chi connectivity index (χ0n) is 9.52. The van der Waals surface area contributed by atoms with Gasteiger partial charge in [0, 0.05) is 18.6 Å². The van der Waals surface area contributed by atoms with Crippen molar-refractivity contribution in [2.45, 2.75) is 32.4 Å². The van der Waals surface area contributed by atoms with Crippen LogP contribution >= 0.6 is 0 Å². The van der Waals surface area contributed by atoms with Crippen molar-refractivity contribution in [3.63, 3.8) is 0 Å². The molecule has 0 fully saturated rings. The summed E-state index contributed by atoms with van der Waals surface area (Å²) in [5, 5.41) is 0. The van der Waals surface area contributed by atoms with Crippen molar-refractivity contribution >= 4 is 17.2 Å². The Balaban J connectivity index is 2.84. The average molecular weight is 224 g/mol. The van der Waals surface area contributed by atoms with E-state index in [1.165, 1.54) is 0 Å². The average Bonchev–Trinajstić information content (AvgIpc) is 2.14. The molecule has 4 heteroatoms. The summed E-state index contributed by atoms with van der Waals surface area (Å²) in [6.45, 7) is 7.66. The number of aromatic nitrogens is 1. The summed E-state index contributed by atoms with van der Waals surface area (Å²) in [5.74, 6) is 0. The summed E-state index contributed by atoms with van der Waals surface area (Å²) >= 11 is 0. The van der Waals surface area contributed by atoms with Crippen molar-refractivity contribution < 1.29 is 4.21 Å². The van der Waals surface area contributed by atoms with Gasteiger partial charge in [0.05, 0.1) is 4.75 Å². The van der Waals surface area contributed by atoms with E-state index >= 15 is 0 Å². The molecule has 15 heavy (non-hydrogen) atoms. The lowest BCUT2D eigenvalue weighted by Crippen LogP contribution is -2.19. The number of hydrogen-bond donors (Lipinski definition) is 0. The highest BCUT2D eigenvalue weighted by Gasteiger charge is 2.18. The van der Waals surface area contributed by atoms with Gasteiger partial charge in [0.15, 0.2) is 0 Å². The predicted molar refractivity (Wildman–Crippen MR) is 64.5 cm³/mol. The molecule has 0 bridgehead atoms. The van der Waals surface area contributed by atoms with E-state index in [2.05, 4.69) is 9.38 Å². The van der Waals surface area contributed by atoms with Gasteiger partial charge in [-0.05, 0) is 44.9 Å². The molecular weight excluding hydrogens is 208 g/mol. The highest BCUT2D eigenvalue weighted by atomic mass is 32.2. The second-order valence-corrected chi connectivity index (χ2v) is 6.26. The Morgan fingerprint density at radius 2 is 2.13 bits per heavy atom. The molecule has 0 saturated carbocycles. The van der Waals surface area contributed by atoms with E-state index in [9.17, 15) is 4.21 Å². The first-order valence-corrected chi connectivity index (χ1v) is 5.88. The summed E-state index contributed by atoms with van der Waals surface area (Å²) in [5.41, 5.74) is 2.00. The van der Waals surface area contributed by atoms with Crippen LogP contribution in [0.5, 0.6) is 0 Å². The molecule has 0 N–H and O–H groups in total. The zero-order chi connectivity index (χ0) is 11.5. The van der Waals surface area contributed by atoms with Gasteiger partial charge in [-0.15, -0.1) is 0 Å². The zero-order valence-corrected chi connectivity index (χ0v) is 10.3. The molecular formula is C11H16N2OS.